The number of hydrogen-bond donors (Lipinski definition) is 3. The summed E-state index contributed by atoms with van der Waals surface area (Å²) in [6.07, 6.45) is 9.50. The van der Waals surface area contributed by atoms with Gasteiger partial charge in [-0.3, -0.25) is 15.5 Å². The highest BCUT2D eigenvalue weighted by molar-refractivity contribution is 5.94. The van der Waals surface area contributed by atoms with E-state index in [0.717, 1.165) is 18.4 Å². The second-order valence-corrected chi connectivity index (χ2v) is 7.55. The number of amides is 1. The molecule has 0 aliphatic heterocycles. The molecule has 0 saturated heterocycles. The Hall–Kier alpha value is -2.66. The van der Waals surface area contributed by atoms with Crippen LogP contribution in [0, 0.1) is 5.41 Å². The van der Waals surface area contributed by atoms with Crippen molar-refractivity contribution in [2.24, 2.45) is 10.5 Å². The molecule has 1 aromatic carbocycles. The summed E-state index contributed by atoms with van der Waals surface area (Å²) in [4.78, 5) is 12.3. The third-order valence-corrected chi connectivity index (χ3v) is 5.01. The summed E-state index contributed by atoms with van der Waals surface area (Å²) in [6, 6.07) is 7.15. The topological polar surface area (TPSA) is 73.7 Å². The Morgan fingerprint density at radius 3 is 2.89 bits per heavy atom. The minimum absolute atomic E-state index is 0.201. The van der Waals surface area contributed by atoms with Crippen LogP contribution >= 0.6 is 0 Å². The van der Waals surface area contributed by atoms with Crippen LogP contribution in [0.15, 0.2) is 58.9 Å². The maximum atomic E-state index is 12.3. The van der Waals surface area contributed by atoms with E-state index in [2.05, 4.69) is 37.9 Å². The number of carbonyl (C=O) groups is 1. The summed E-state index contributed by atoms with van der Waals surface area (Å²) in [7, 11) is 0. The standard InChI is InChI=1S/C22H29N3O2/c1-16-7-6-13-22(3,4)20(16)12-14-23-24-21(26)19-9-5-8-18(15-19)11-10-17(2)25-27/h5,8-11,14-15,25,27H,2,6-7,12-13H2,1,3-4H3,(H,24,26)/b11-10+,23-14+. The van der Waals surface area contributed by atoms with Gasteiger partial charge in [0.15, 0.2) is 0 Å². The van der Waals surface area contributed by atoms with Crippen LogP contribution in [0.1, 0.15) is 62.4 Å². The summed E-state index contributed by atoms with van der Waals surface area (Å²) in [5, 5.41) is 12.9. The van der Waals surface area contributed by atoms with Crippen molar-refractivity contribution in [3.63, 3.8) is 0 Å². The van der Waals surface area contributed by atoms with Crippen LogP contribution in [0.3, 0.4) is 0 Å². The van der Waals surface area contributed by atoms with Crippen molar-refractivity contribution >= 4 is 18.2 Å². The van der Waals surface area contributed by atoms with Crippen molar-refractivity contribution < 1.29 is 10.0 Å². The minimum atomic E-state index is -0.255. The fourth-order valence-corrected chi connectivity index (χ4v) is 3.45. The minimum Gasteiger partial charge on any atom is -0.291 e. The van der Waals surface area contributed by atoms with E-state index in [4.69, 9.17) is 5.21 Å². The molecule has 1 aliphatic carbocycles. The zero-order valence-electron chi connectivity index (χ0n) is 16.4. The molecule has 0 aromatic heterocycles. The van der Waals surface area contributed by atoms with Crippen LogP contribution in [-0.4, -0.2) is 17.3 Å². The van der Waals surface area contributed by atoms with Gasteiger partial charge in [-0.2, -0.15) is 5.10 Å². The van der Waals surface area contributed by atoms with Gasteiger partial charge < -0.3 is 0 Å². The Morgan fingerprint density at radius 1 is 1.41 bits per heavy atom. The maximum Gasteiger partial charge on any atom is 0.271 e. The summed E-state index contributed by atoms with van der Waals surface area (Å²) in [5.41, 5.74) is 9.34. The van der Waals surface area contributed by atoms with Gasteiger partial charge in [-0.15, -0.1) is 0 Å². The van der Waals surface area contributed by atoms with Gasteiger partial charge in [-0.1, -0.05) is 49.8 Å². The SMILES string of the molecule is C=C(/C=C/c1cccc(C(=O)N/N=C/CC2=C(C)CCCC2(C)C)c1)NO. The Bertz CT molecular complexity index is 789. The average Bonchev–Trinajstić information content (AvgIpc) is 2.64. The molecule has 0 spiro atoms. The molecule has 3 N–H and O–H groups in total. The van der Waals surface area contributed by atoms with E-state index in [1.54, 1.807) is 36.6 Å². The first kappa shape index (κ1) is 20.6. The van der Waals surface area contributed by atoms with Gasteiger partial charge in [0.25, 0.3) is 5.91 Å². The summed E-state index contributed by atoms with van der Waals surface area (Å²) in [5.74, 6) is -0.255. The van der Waals surface area contributed by atoms with Gasteiger partial charge in [0.2, 0.25) is 0 Å². The lowest BCUT2D eigenvalue weighted by Crippen LogP contribution is -2.21. The van der Waals surface area contributed by atoms with Crippen molar-refractivity contribution in [3.05, 3.63) is 64.9 Å². The van der Waals surface area contributed by atoms with Gasteiger partial charge >= 0.3 is 0 Å². The highest BCUT2D eigenvalue weighted by Crippen LogP contribution is 2.41. The maximum absolute atomic E-state index is 12.3. The second-order valence-electron chi connectivity index (χ2n) is 7.55. The fraction of sp³-hybridized carbons (Fsp3) is 0.364. The Kier molecular flexibility index (Phi) is 7.13. The first-order chi connectivity index (χ1) is 12.8. The fourth-order valence-electron chi connectivity index (χ4n) is 3.45. The second kappa shape index (κ2) is 9.33. The third-order valence-electron chi connectivity index (χ3n) is 5.01. The zero-order chi connectivity index (χ0) is 19.9. The molecule has 1 aliphatic rings. The van der Waals surface area contributed by atoms with Crippen LogP contribution in [0.25, 0.3) is 6.08 Å². The molecule has 0 radical (unpaired) electrons. The number of benzene rings is 1. The van der Waals surface area contributed by atoms with Crippen LogP contribution in [-0.2, 0) is 0 Å². The Balaban J connectivity index is 1.97. The first-order valence-corrected chi connectivity index (χ1v) is 9.21. The molecule has 0 unspecified atom stereocenters. The van der Waals surface area contributed by atoms with Crippen molar-refractivity contribution in [2.45, 2.75) is 46.5 Å². The van der Waals surface area contributed by atoms with Crippen molar-refractivity contribution in [1.29, 1.82) is 0 Å². The number of nitrogens with zero attached hydrogens (tertiary/aromatic N) is 1. The Morgan fingerprint density at radius 2 is 2.19 bits per heavy atom. The highest BCUT2D eigenvalue weighted by atomic mass is 16.5. The molecule has 0 saturated carbocycles. The predicted molar refractivity (Wildman–Crippen MR) is 110 cm³/mol. The van der Waals surface area contributed by atoms with Crippen molar-refractivity contribution in [3.8, 4) is 0 Å². The van der Waals surface area contributed by atoms with Gasteiger partial charge in [0, 0.05) is 18.2 Å². The molecular weight excluding hydrogens is 338 g/mol. The van der Waals surface area contributed by atoms with Crippen LogP contribution in [0.5, 0.6) is 0 Å². The molecule has 144 valence electrons. The van der Waals surface area contributed by atoms with Gasteiger partial charge in [-0.05, 0) is 55.4 Å². The highest BCUT2D eigenvalue weighted by Gasteiger charge is 2.27. The summed E-state index contributed by atoms with van der Waals surface area (Å²) < 4.78 is 0. The lowest BCUT2D eigenvalue weighted by Gasteiger charge is -2.34. The number of hydrogen-bond acceptors (Lipinski definition) is 4. The van der Waals surface area contributed by atoms with E-state index in [1.165, 1.54) is 24.0 Å². The molecule has 2 rings (SSSR count). The number of rotatable bonds is 7. The normalized spacial score (nSPS) is 16.7. The van der Waals surface area contributed by atoms with Gasteiger partial charge in [0.1, 0.15) is 0 Å². The largest absolute Gasteiger partial charge is 0.291 e. The van der Waals surface area contributed by atoms with E-state index < -0.39 is 0 Å². The van der Waals surface area contributed by atoms with Crippen LogP contribution in [0.2, 0.25) is 0 Å². The number of allylic oxidation sites excluding steroid dienone is 3. The van der Waals surface area contributed by atoms with Gasteiger partial charge in [-0.25, -0.2) is 5.43 Å². The van der Waals surface area contributed by atoms with E-state index in [-0.39, 0.29) is 11.3 Å². The molecule has 1 amide bonds. The van der Waals surface area contributed by atoms with Crippen molar-refractivity contribution in [1.82, 2.24) is 10.9 Å². The number of carbonyl (C=O) groups excluding carboxylic acids is 1. The van der Waals surface area contributed by atoms with Gasteiger partial charge in [0.05, 0.1) is 5.70 Å². The van der Waals surface area contributed by atoms with Crippen molar-refractivity contribution in [2.75, 3.05) is 0 Å². The van der Waals surface area contributed by atoms with E-state index in [9.17, 15) is 4.79 Å². The molecule has 27 heavy (non-hydrogen) atoms. The monoisotopic (exact) mass is 367 g/mol. The molecule has 0 fully saturated rings. The number of hydroxylamine groups is 1. The lowest BCUT2D eigenvalue weighted by molar-refractivity contribution is 0.0955. The number of hydrazone groups is 1. The van der Waals surface area contributed by atoms with E-state index in [1.807, 2.05) is 11.5 Å². The zero-order valence-corrected chi connectivity index (χ0v) is 16.4. The first-order valence-electron chi connectivity index (χ1n) is 9.21. The number of nitrogens with one attached hydrogen (secondary N) is 2. The molecule has 5 heteroatoms. The van der Waals surface area contributed by atoms with Crippen LogP contribution in [0.4, 0.5) is 0 Å². The quantitative estimate of drug-likeness (QED) is 0.280. The van der Waals surface area contributed by atoms with E-state index in [0.29, 0.717) is 11.3 Å². The summed E-state index contributed by atoms with van der Waals surface area (Å²) in [6.45, 7) is 10.3. The lowest BCUT2D eigenvalue weighted by atomic mass is 9.72. The molecule has 0 bridgehead atoms. The molecule has 1 aromatic rings. The average molecular weight is 367 g/mol. The molecule has 0 heterocycles. The Labute approximate surface area is 161 Å². The predicted octanol–water partition coefficient (Wildman–Crippen LogP) is 4.82. The molecule has 5 nitrogen and oxygen atoms in total. The molecular formula is C22H29N3O2. The molecule has 0 atom stereocenters. The third kappa shape index (κ3) is 5.93. The van der Waals surface area contributed by atoms with Crippen LogP contribution < -0.4 is 10.9 Å². The summed E-state index contributed by atoms with van der Waals surface area (Å²) >= 11 is 0. The smallest absolute Gasteiger partial charge is 0.271 e. The van der Waals surface area contributed by atoms with E-state index >= 15 is 0 Å².